The molecule has 4 nitrogen and oxygen atoms in total. The van der Waals surface area contributed by atoms with Crippen LogP contribution in [0.3, 0.4) is 0 Å². The van der Waals surface area contributed by atoms with Crippen molar-refractivity contribution >= 4 is 28.9 Å². The normalized spacial score (nSPS) is 10.0. The average Bonchev–Trinajstić information content (AvgIpc) is 2.33. The summed E-state index contributed by atoms with van der Waals surface area (Å²) in [7, 11) is 0. The summed E-state index contributed by atoms with van der Waals surface area (Å²) < 4.78 is 0. The van der Waals surface area contributed by atoms with Crippen molar-refractivity contribution in [2.24, 2.45) is 0 Å². The lowest BCUT2D eigenvalue weighted by Crippen LogP contribution is -2.02. The highest BCUT2D eigenvalue weighted by atomic mass is 35.5. The fraction of sp³-hybridized carbons (Fsp3) is 0.167. The van der Waals surface area contributed by atoms with Crippen LogP contribution in [-0.2, 0) is 0 Å². The standard InChI is InChI=1S/C12H13ClN4/c1-2-15-11-7-14-8-12(17-11)16-10-6-4-3-5-9(10)13/h3-8H,2H2,1H3,(H2,15,16,17). The number of halogens is 1. The molecule has 88 valence electrons. The second-order valence-corrected chi connectivity index (χ2v) is 3.83. The molecule has 5 heteroatoms. The minimum absolute atomic E-state index is 0.656. The van der Waals surface area contributed by atoms with E-state index < -0.39 is 0 Å². The van der Waals surface area contributed by atoms with Gasteiger partial charge in [-0.15, -0.1) is 0 Å². The minimum Gasteiger partial charge on any atom is -0.369 e. The second-order valence-electron chi connectivity index (χ2n) is 3.42. The van der Waals surface area contributed by atoms with Gasteiger partial charge in [-0.3, -0.25) is 4.98 Å². The molecule has 0 spiro atoms. The molecule has 0 atom stereocenters. The predicted octanol–water partition coefficient (Wildman–Crippen LogP) is 3.31. The number of rotatable bonds is 4. The van der Waals surface area contributed by atoms with Gasteiger partial charge in [0.15, 0.2) is 5.82 Å². The third kappa shape index (κ3) is 3.07. The van der Waals surface area contributed by atoms with Crippen molar-refractivity contribution in [1.29, 1.82) is 0 Å². The Hall–Kier alpha value is -1.81. The van der Waals surface area contributed by atoms with Gasteiger partial charge >= 0.3 is 0 Å². The van der Waals surface area contributed by atoms with Crippen LogP contribution in [0.5, 0.6) is 0 Å². The summed E-state index contributed by atoms with van der Waals surface area (Å²) in [6, 6.07) is 7.51. The van der Waals surface area contributed by atoms with Crippen molar-refractivity contribution < 1.29 is 0 Å². The van der Waals surface area contributed by atoms with Crippen LogP contribution in [0, 0.1) is 0 Å². The highest BCUT2D eigenvalue weighted by molar-refractivity contribution is 6.33. The number of benzene rings is 1. The number of hydrogen-bond acceptors (Lipinski definition) is 4. The van der Waals surface area contributed by atoms with Crippen LogP contribution in [-0.4, -0.2) is 16.5 Å². The first kappa shape index (κ1) is 11.7. The average molecular weight is 249 g/mol. The first-order chi connectivity index (χ1) is 8.29. The van der Waals surface area contributed by atoms with E-state index in [1.807, 2.05) is 31.2 Å². The van der Waals surface area contributed by atoms with Crippen molar-refractivity contribution in [3.63, 3.8) is 0 Å². The summed E-state index contributed by atoms with van der Waals surface area (Å²) >= 11 is 6.05. The van der Waals surface area contributed by atoms with E-state index in [1.54, 1.807) is 12.4 Å². The van der Waals surface area contributed by atoms with Crippen molar-refractivity contribution in [3.05, 3.63) is 41.7 Å². The Morgan fingerprint density at radius 3 is 2.71 bits per heavy atom. The van der Waals surface area contributed by atoms with Crippen LogP contribution in [0.25, 0.3) is 0 Å². The van der Waals surface area contributed by atoms with E-state index in [0.29, 0.717) is 10.8 Å². The summed E-state index contributed by atoms with van der Waals surface area (Å²) in [6.07, 6.45) is 3.34. The molecule has 0 saturated carbocycles. The van der Waals surface area contributed by atoms with Crippen LogP contribution >= 0.6 is 11.6 Å². The highest BCUT2D eigenvalue weighted by Crippen LogP contribution is 2.23. The summed E-state index contributed by atoms with van der Waals surface area (Å²) in [4.78, 5) is 8.45. The number of nitrogens with zero attached hydrogens (tertiary/aromatic N) is 2. The van der Waals surface area contributed by atoms with Crippen LogP contribution < -0.4 is 10.6 Å². The van der Waals surface area contributed by atoms with Crippen LogP contribution in [0.4, 0.5) is 17.3 Å². The largest absolute Gasteiger partial charge is 0.369 e. The van der Waals surface area contributed by atoms with Gasteiger partial charge in [-0.2, -0.15) is 0 Å². The number of hydrogen-bond donors (Lipinski definition) is 2. The monoisotopic (exact) mass is 248 g/mol. The van der Waals surface area contributed by atoms with Crippen LogP contribution in [0.15, 0.2) is 36.7 Å². The van der Waals surface area contributed by atoms with Crippen molar-refractivity contribution in [2.45, 2.75) is 6.92 Å². The van der Waals surface area contributed by atoms with E-state index in [2.05, 4.69) is 20.6 Å². The molecule has 0 aliphatic carbocycles. The summed E-state index contributed by atoms with van der Waals surface area (Å²) in [5.41, 5.74) is 0.817. The molecule has 2 rings (SSSR count). The molecule has 0 unspecified atom stereocenters. The Bertz CT molecular complexity index is 501. The maximum atomic E-state index is 6.05. The zero-order valence-electron chi connectivity index (χ0n) is 9.44. The van der Waals surface area contributed by atoms with E-state index >= 15 is 0 Å². The smallest absolute Gasteiger partial charge is 0.151 e. The first-order valence-electron chi connectivity index (χ1n) is 5.37. The van der Waals surface area contributed by atoms with E-state index in [4.69, 9.17) is 11.6 Å². The number of anilines is 3. The lowest BCUT2D eigenvalue weighted by atomic mass is 10.3. The van der Waals surface area contributed by atoms with Gasteiger partial charge in [0.2, 0.25) is 0 Å². The Kier molecular flexibility index (Phi) is 3.77. The van der Waals surface area contributed by atoms with Crippen molar-refractivity contribution in [3.8, 4) is 0 Å². The fourth-order valence-corrected chi connectivity index (χ4v) is 1.58. The Labute approximate surface area is 105 Å². The minimum atomic E-state index is 0.656. The summed E-state index contributed by atoms with van der Waals surface area (Å²) in [5.74, 6) is 1.40. The number of para-hydroxylation sites is 1. The van der Waals surface area contributed by atoms with Gasteiger partial charge < -0.3 is 10.6 Å². The molecule has 0 aliphatic rings. The zero-order valence-corrected chi connectivity index (χ0v) is 10.2. The van der Waals surface area contributed by atoms with E-state index in [-0.39, 0.29) is 0 Å². The van der Waals surface area contributed by atoms with Gasteiger partial charge in [0.05, 0.1) is 23.1 Å². The summed E-state index contributed by atoms with van der Waals surface area (Å²) in [6.45, 7) is 2.82. The molecule has 0 saturated heterocycles. The third-order valence-corrected chi connectivity index (χ3v) is 2.46. The maximum Gasteiger partial charge on any atom is 0.151 e. The van der Waals surface area contributed by atoms with Gasteiger partial charge in [-0.1, -0.05) is 23.7 Å². The Balaban J connectivity index is 2.18. The Morgan fingerprint density at radius 1 is 1.18 bits per heavy atom. The molecule has 0 bridgehead atoms. The topological polar surface area (TPSA) is 49.8 Å². The first-order valence-corrected chi connectivity index (χ1v) is 5.75. The van der Waals surface area contributed by atoms with Crippen LogP contribution in [0.2, 0.25) is 5.02 Å². The molecule has 0 aliphatic heterocycles. The number of nitrogens with one attached hydrogen (secondary N) is 2. The molecule has 2 N–H and O–H groups in total. The highest BCUT2D eigenvalue weighted by Gasteiger charge is 2.01. The van der Waals surface area contributed by atoms with E-state index in [9.17, 15) is 0 Å². The maximum absolute atomic E-state index is 6.05. The Morgan fingerprint density at radius 2 is 1.94 bits per heavy atom. The SMILES string of the molecule is CCNc1cncc(Nc2ccccc2Cl)n1. The molecule has 1 aromatic heterocycles. The van der Waals surface area contributed by atoms with Gasteiger partial charge in [-0.25, -0.2) is 4.98 Å². The number of aromatic nitrogens is 2. The van der Waals surface area contributed by atoms with Crippen LogP contribution in [0.1, 0.15) is 6.92 Å². The third-order valence-electron chi connectivity index (χ3n) is 2.13. The fourth-order valence-electron chi connectivity index (χ4n) is 1.39. The molecule has 0 radical (unpaired) electrons. The lowest BCUT2D eigenvalue weighted by Gasteiger charge is -2.08. The molecular weight excluding hydrogens is 236 g/mol. The van der Waals surface area contributed by atoms with Crippen molar-refractivity contribution in [1.82, 2.24) is 9.97 Å². The van der Waals surface area contributed by atoms with Crippen molar-refractivity contribution in [2.75, 3.05) is 17.2 Å². The van der Waals surface area contributed by atoms with Gasteiger partial charge in [0.1, 0.15) is 5.82 Å². The van der Waals surface area contributed by atoms with Gasteiger partial charge in [-0.05, 0) is 19.1 Å². The lowest BCUT2D eigenvalue weighted by molar-refractivity contribution is 1.12. The molecular formula is C12H13ClN4. The molecule has 0 fully saturated rings. The predicted molar refractivity (Wildman–Crippen MR) is 70.9 cm³/mol. The molecule has 17 heavy (non-hydrogen) atoms. The van der Waals surface area contributed by atoms with E-state index in [1.165, 1.54) is 0 Å². The quantitative estimate of drug-likeness (QED) is 0.872. The van der Waals surface area contributed by atoms with Gasteiger partial charge in [0.25, 0.3) is 0 Å². The van der Waals surface area contributed by atoms with E-state index in [0.717, 1.165) is 18.1 Å². The molecule has 0 amide bonds. The molecule has 2 aromatic rings. The molecule has 1 heterocycles. The zero-order chi connectivity index (χ0) is 12.1. The summed E-state index contributed by atoms with van der Waals surface area (Å²) in [5, 5.41) is 6.88. The second kappa shape index (κ2) is 5.50. The van der Waals surface area contributed by atoms with Gasteiger partial charge in [0, 0.05) is 6.54 Å². The molecule has 1 aromatic carbocycles.